The summed E-state index contributed by atoms with van der Waals surface area (Å²) in [5.41, 5.74) is 0. The molecule has 3 nitrogen and oxygen atoms in total. The Kier molecular flexibility index (Phi) is 3.96. The predicted molar refractivity (Wildman–Crippen MR) is 52.3 cm³/mol. The first-order chi connectivity index (χ1) is 6.24. The molecule has 0 saturated heterocycles. The number of rotatable bonds is 5. The summed E-state index contributed by atoms with van der Waals surface area (Å²) in [5, 5.41) is 7.09. The van der Waals surface area contributed by atoms with Crippen LogP contribution in [0.3, 0.4) is 0 Å². The topological polar surface area (TPSA) is 38.1 Å². The van der Waals surface area contributed by atoms with Gasteiger partial charge in [-0.05, 0) is 12.3 Å². The molecule has 0 aliphatic heterocycles. The van der Waals surface area contributed by atoms with Gasteiger partial charge in [0.05, 0.1) is 12.7 Å². The molecule has 74 valence electrons. The third-order valence-electron chi connectivity index (χ3n) is 2.27. The van der Waals surface area contributed by atoms with E-state index in [1.54, 1.807) is 6.20 Å². The van der Waals surface area contributed by atoms with Crippen LogP contribution in [-0.2, 0) is 6.54 Å². The van der Waals surface area contributed by atoms with Crippen molar-refractivity contribution in [2.24, 2.45) is 5.92 Å². The van der Waals surface area contributed by atoms with Crippen molar-refractivity contribution >= 4 is 0 Å². The van der Waals surface area contributed by atoms with Crippen molar-refractivity contribution in [3.8, 4) is 0 Å². The molecule has 0 aliphatic rings. The Hall–Kier alpha value is -0.830. The number of hydrogen-bond donors (Lipinski definition) is 1. The summed E-state index contributed by atoms with van der Waals surface area (Å²) in [6.07, 6.45) is 2.82. The van der Waals surface area contributed by atoms with E-state index in [0.717, 1.165) is 18.7 Å². The fourth-order valence-corrected chi connectivity index (χ4v) is 1.42. The zero-order chi connectivity index (χ0) is 9.68. The first-order valence-electron chi connectivity index (χ1n) is 4.87. The van der Waals surface area contributed by atoms with Crippen LogP contribution in [0.4, 0.5) is 0 Å². The smallest absolute Gasteiger partial charge is 0.150 e. The third kappa shape index (κ3) is 3.19. The van der Waals surface area contributed by atoms with Crippen LogP contribution in [0.25, 0.3) is 0 Å². The molecule has 1 heterocycles. The summed E-state index contributed by atoms with van der Waals surface area (Å²) >= 11 is 0. The second-order valence-electron chi connectivity index (χ2n) is 3.62. The summed E-state index contributed by atoms with van der Waals surface area (Å²) in [6, 6.07) is 2.45. The Bertz CT molecular complexity index is 219. The van der Waals surface area contributed by atoms with E-state index in [4.69, 9.17) is 4.52 Å². The van der Waals surface area contributed by atoms with Gasteiger partial charge in [0, 0.05) is 12.1 Å². The third-order valence-corrected chi connectivity index (χ3v) is 2.27. The molecule has 0 aromatic carbocycles. The largest absolute Gasteiger partial charge is 0.360 e. The van der Waals surface area contributed by atoms with Crippen molar-refractivity contribution in [2.75, 3.05) is 0 Å². The highest BCUT2D eigenvalue weighted by molar-refractivity contribution is 4.92. The zero-order valence-electron chi connectivity index (χ0n) is 8.58. The molecular formula is C10H18N2O. The van der Waals surface area contributed by atoms with Crippen LogP contribution < -0.4 is 5.32 Å². The maximum absolute atomic E-state index is 5.00. The fourth-order valence-electron chi connectivity index (χ4n) is 1.42. The summed E-state index contributed by atoms with van der Waals surface area (Å²) in [6.45, 7) is 7.41. The molecule has 1 aromatic heterocycles. The van der Waals surface area contributed by atoms with Gasteiger partial charge in [0.2, 0.25) is 0 Å². The van der Waals surface area contributed by atoms with Crippen LogP contribution in [0.5, 0.6) is 0 Å². The highest BCUT2D eigenvalue weighted by atomic mass is 16.5. The summed E-state index contributed by atoms with van der Waals surface area (Å²) in [4.78, 5) is 0. The average molecular weight is 182 g/mol. The molecule has 0 saturated carbocycles. The van der Waals surface area contributed by atoms with E-state index < -0.39 is 0 Å². The highest BCUT2D eigenvalue weighted by Gasteiger charge is 2.10. The Balaban J connectivity index is 2.32. The molecule has 0 bridgehead atoms. The second-order valence-corrected chi connectivity index (χ2v) is 3.62. The van der Waals surface area contributed by atoms with Crippen molar-refractivity contribution in [1.82, 2.24) is 10.5 Å². The number of aromatic nitrogens is 1. The first-order valence-corrected chi connectivity index (χ1v) is 4.87. The molecule has 0 fully saturated rings. The summed E-state index contributed by atoms with van der Waals surface area (Å²) in [7, 11) is 0. The van der Waals surface area contributed by atoms with Gasteiger partial charge >= 0.3 is 0 Å². The quantitative estimate of drug-likeness (QED) is 0.758. The SMILES string of the molecule is CCC(NCc1ccno1)C(C)C. The molecule has 1 unspecified atom stereocenters. The number of nitrogens with zero attached hydrogens (tertiary/aromatic N) is 1. The Labute approximate surface area is 79.5 Å². The molecule has 1 aromatic rings. The lowest BCUT2D eigenvalue weighted by Gasteiger charge is -2.19. The average Bonchev–Trinajstić information content (AvgIpc) is 2.57. The highest BCUT2D eigenvalue weighted by Crippen LogP contribution is 2.06. The Morgan fingerprint density at radius 2 is 2.31 bits per heavy atom. The molecule has 3 heteroatoms. The zero-order valence-corrected chi connectivity index (χ0v) is 8.58. The molecule has 1 rings (SSSR count). The molecular weight excluding hydrogens is 164 g/mol. The van der Waals surface area contributed by atoms with Crippen molar-refractivity contribution in [1.29, 1.82) is 0 Å². The number of hydrogen-bond acceptors (Lipinski definition) is 3. The molecule has 0 aliphatic carbocycles. The Morgan fingerprint density at radius 3 is 2.77 bits per heavy atom. The van der Waals surface area contributed by atoms with E-state index >= 15 is 0 Å². The van der Waals surface area contributed by atoms with Gasteiger partial charge in [0.15, 0.2) is 0 Å². The number of nitrogens with one attached hydrogen (secondary N) is 1. The van der Waals surface area contributed by atoms with E-state index in [-0.39, 0.29) is 0 Å². The summed E-state index contributed by atoms with van der Waals surface area (Å²) in [5.74, 6) is 1.56. The van der Waals surface area contributed by atoms with E-state index in [2.05, 4.69) is 31.2 Å². The van der Waals surface area contributed by atoms with Crippen LogP contribution in [0.1, 0.15) is 33.0 Å². The first kappa shape index (κ1) is 10.3. The molecule has 0 amide bonds. The minimum absolute atomic E-state index is 0.560. The lowest BCUT2D eigenvalue weighted by molar-refractivity contribution is 0.335. The van der Waals surface area contributed by atoms with Crippen LogP contribution in [0.2, 0.25) is 0 Å². The van der Waals surface area contributed by atoms with Crippen LogP contribution >= 0.6 is 0 Å². The van der Waals surface area contributed by atoms with E-state index in [0.29, 0.717) is 12.0 Å². The van der Waals surface area contributed by atoms with Gasteiger partial charge in [-0.2, -0.15) is 0 Å². The normalized spacial score (nSPS) is 13.5. The van der Waals surface area contributed by atoms with Gasteiger partial charge in [-0.3, -0.25) is 0 Å². The van der Waals surface area contributed by atoms with Gasteiger partial charge in [-0.25, -0.2) is 0 Å². The van der Waals surface area contributed by atoms with Crippen molar-refractivity contribution < 1.29 is 4.52 Å². The Morgan fingerprint density at radius 1 is 1.54 bits per heavy atom. The van der Waals surface area contributed by atoms with Crippen LogP contribution in [0.15, 0.2) is 16.8 Å². The van der Waals surface area contributed by atoms with E-state index in [1.807, 2.05) is 6.07 Å². The molecule has 1 atom stereocenters. The standard InChI is InChI=1S/C10H18N2O/c1-4-10(8(2)3)11-7-9-5-6-12-13-9/h5-6,8,10-11H,4,7H2,1-3H3. The van der Waals surface area contributed by atoms with Crippen LogP contribution in [-0.4, -0.2) is 11.2 Å². The van der Waals surface area contributed by atoms with Gasteiger partial charge < -0.3 is 9.84 Å². The maximum atomic E-state index is 5.00. The lowest BCUT2D eigenvalue weighted by atomic mass is 10.0. The summed E-state index contributed by atoms with van der Waals surface area (Å²) < 4.78 is 5.00. The fraction of sp³-hybridized carbons (Fsp3) is 0.700. The van der Waals surface area contributed by atoms with Gasteiger partial charge in [0.25, 0.3) is 0 Å². The van der Waals surface area contributed by atoms with Crippen molar-refractivity contribution in [3.05, 3.63) is 18.0 Å². The van der Waals surface area contributed by atoms with E-state index in [9.17, 15) is 0 Å². The van der Waals surface area contributed by atoms with Crippen molar-refractivity contribution in [2.45, 2.75) is 39.8 Å². The van der Waals surface area contributed by atoms with Gasteiger partial charge in [-0.15, -0.1) is 0 Å². The minimum Gasteiger partial charge on any atom is -0.360 e. The molecule has 0 radical (unpaired) electrons. The maximum Gasteiger partial charge on any atom is 0.150 e. The molecule has 0 spiro atoms. The van der Waals surface area contributed by atoms with E-state index in [1.165, 1.54) is 0 Å². The van der Waals surface area contributed by atoms with Crippen LogP contribution in [0, 0.1) is 5.92 Å². The monoisotopic (exact) mass is 182 g/mol. The van der Waals surface area contributed by atoms with Crippen molar-refractivity contribution in [3.63, 3.8) is 0 Å². The van der Waals surface area contributed by atoms with Gasteiger partial charge in [-0.1, -0.05) is 25.9 Å². The molecule has 13 heavy (non-hydrogen) atoms. The lowest BCUT2D eigenvalue weighted by Crippen LogP contribution is -2.32. The molecule has 1 N–H and O–H groups in total. The predicted octanol–water partition coefficient (Wildman–Crippen LogP) is 2.20. The van der Waals surface area contributed by atoms with Gasteiger partial charge in [0.1, 0.15) is 5.76 Å². The second kappa shape index (κ2) is 5.02. The minimum atomic E-state index is 0.560.